The number of ether oxygens (including phenoxy) is 1. The van der Waals surface area contributed by atoms with Gasteiger partial charge in [-0.15, -0.1) is 0 Å². The average molecular weight is 446 g/mol. The molecule has 0 saturated carbocycles. The van der Waals surface area contributed by atoms with Crippen molar-refractivity contribution < 1.29 is 13.2 Å². The molecule has 0 aliphatic heterocycles. The Hall–Kier alpha value is -2.41. The maximum absolute atomic E-state index is 12.5. The van der Waals surface area contributed by atoms with E-state index in [1.807, 2.05) is 24.3 Å². The lowest BCUT2D eigenvalue weighted by Crippen LogP contribution is -2.13. The van der Waals surface area contributed by atoms with Gasteiger partial charge in [-0.3, -0.25) is 4.72 Å². The van der Waals surface area contributed by atoms with Gasteiger partial charge in [-0.05, 0) is 59.7 Å². The highest BCUT2D eigenvalue weighted by Gasteiger charge is 2.14. The van der Waals surface area contributed by atoms with Gasteiger partial charge in [0.15, 0.2) is 0 Å². The maximum Gasteiger partial charge on any atom is 0.261 e. The molecule has 0 saturated heterocycles. The minimum atomic E-state index is -3.67. The van der Waals surface area contributed by atoms with Gasteiger partial charge in [0.25, 0.3) is 10.0 Å². The zero-order valence-corrected chi connectivity index (χ0v) is 18.2. The van der Waals surface area contributed by atoms with E-state index in [2.05, 4.69) is 4.72 Å². The second-order valence-electron chi connectivity index (χ2n) is 6.50. The average Bonchev–Trinajstić information content (AvgIpc) is 2.70. The van der Waals surface area contributed by atoms with Crippen molar-refractivity contribution in [3.63, 3.8) is 0 Å². The molecule has 0 radical (unpaired) electrons. The lowest BCUT2D eigenvalue weighted by molar-refractivity contribution is 0.414. The van der Waals surface area contributed by atoms with Crippen LogP contribution in [0.4, 0.5) is 5.69 Å². The van der Waals surface area contributed by atoms with Gasteiger partial charge < -0.3 is 4.74 Å². The summed E-state index contributed by atoms with van der Waals surface area (Å²) in [7, 11) is -2.03. The molecule has 0 fully saturated rings. The highest BCUT2D eigenvalue weighted by molar-refractivity contribution is 7.92. The van der Waals surface area contributed by atoms with Crippen molar-refractivity contribution in [3.05, 3.63) is 88.9 Å². The molecule has 4 nitrogen and oxygen atoms in total. The monoisotopic (exact) mass is 445 g/mol. The fraction of sp³-hybridized carbons (Fsp3) is 0.136. The number of benzene rings is 3. The largest absolute Gasteiger partial charge is 0.497 e. The van der Waals surface area contributed by atoms with Gasteiger partial charge >= 0.3 is 0 Å². The first-order valence-electron chi connectivity index (χ1n) is 8.88. The van der Waals surface area contributed by atoms with Crippen molar-refractivity contribution in [3.8, 4) is 5.75 Å². The molecule has 29 heavy (non-hydrogen) atoms. The predicted molar refractivity (Wildman–Crippen MR) is 122 cm³/mol. The number of rotatable bonds is 8. The highest BCUT2D eigenvalue weighted by Crippen LogP contribution is 2.20. The molecule has 0 heterocycles. The Balaban J connectivity index is 1.64. The van der Waals surface area contributed by atoms with Crippen LogP contribution in [0, 0.1) is 0 Å². The van der Waals surface area contributed by atoms with Crippen molar-refractivity contribution in [2.75, 3.05) is 11.8 Å². The predicted octanol–water partition coefficient (Wildman–Crippen LogP) is 5.30. The van der Waals surface area contributed by atoms with Crippen LogP contribution in [-0.2, 0) is 22.9 Å². The van der Waals surface area contributed by atoms with E-state index in [4.69, 9.17) is 28.6 Å². The number of anilines is 1. The lowest BCUT2D eigenvalue weighted by Gasteiger charge is -2.10. The Morgan fingerprint density at radius 1 is 0.966 bits per heavy atom. The molecule has 0 aromatic heterocycles. The fourth-order valence-electron chi connectivity index (χ4n) is 2.82. The summed E-state index contributed by atoms with van der Waals surface area (Å²) in [4.78, 5) is 1.06. The summed E-state index contributed by atoms with van der Waals surface area (Å²) in [6.07, 6.45) is 1.25. The first kappa shape index (κ1) is 21.3. The van der Waals surface area contributed by atoms with Crippen LogP contribution in [-0.4, -0.2) is 20.4 Å². The van der Waals surface area contributed by atoms with E-state index in [0.717, 1.165) is 21.7 Å². The van der Waals surface area contributed by atoms with Crippen molar-refractivity contribution in [1.82, 2.24) is 0 Å². The summed E-state index contributed by atoms with van der Waals surface area (Å²) in [6, 6.07) is 21.0. The van der Waals surface area contributed by atoms with Crippen molar-refractivity contribution >= 4 is 44.4 Å². The highest BCUT2D eigenvalue weighted by atomic mass is 35.5. The third-order valence-corrected chi connectivity index (χ3v) is 6.20. The molecule has 3 aromatic carbocycles. The fourth-order valence-corrected chi connectivity index (χ4v) is 4.34. The van der Waals surface area contributed by atoms with Crippen LogP contribution in [0.15, 0.2) is 77.7 Å². The molecular weight excluding hydrogens is 426 g/mol. The van der Waals surface area contributed by atoms with Crippen LogP contribution >= 0.6 is 23.8 Å². The minimum absolute atomic E-state index is 0.190. The van der Waals surface area contributed by atoms with Gasteiger partial charge in [-0.25, -0.2) is 8.42 Å². The molecule has 3 aromatic rings. The molecule has 0 amide bonds. The van der Waals surface area contributed by atoms with Crippen LogP contribution in [0.3, 0.4) is 0 Å². The van der Waals surface area contributed by atoms with E-state index in [1.54, 1.807) is 55.6 Å². The van der Waals surface area contributed by atoms with E-state index in [9.17, 15) is 8.42 Å². The quantitative estimate of drug-likeness (QED) is 0.478. The van der Waals surface area contributed by atoms with E-state index < -0.39 is 10.0 Å². The molecule has 0 bridgehead atoms. The number of thiocarbonyl (C=S) groups is 1. The summed E-state index contributed by atoms with van der Waals surface area (Å²) < 4.78 is 32.9. The van der Waals surface area contributed by atoms with Gasteiger partial charge in [0.2, 0.25) is 0 Å². The Labute approximate surface area is 181 Å². The number of hydrogen-bond donors (Lipinski definition) is 1. The van der Waals surface area contributed by atoms with E-state index >= 15 is 0 Å². The second kappa shape index (κ2) is 9.39. The first-order valence-corrected chi connectivity index (χ1v) is 11.1. The zero-order chi connectivity index (χ0) is 20.9. The van der Waals surface area contributed by atoms with Gasteiger partial charge in [0.05, 0.1) is 12.0 Å². The number of sulfonamides is 1. The molecule has 0 aliphatic rings. The summed E-state index contributed by atoms with van der Waals surface area (Å²) in [5.41, 5.74) is 2.50. The standard InChI is InChI=1S/C22H20ClNO3S2/c1-27-20-4-2-3-17(13-20)15-21(28)14-16-5-11-22(12-6-16)29(25,26)24-19-9-7-18(23)8-10-19/h2-13,24H,14-15H2,1H3. The molecule has 1 N–H and O–H groups in total. The van der Waals surface area contributed by atoms with Crippen molar-refractivity contribution in [2.24, 2.45) is 0 Å². The van der Waals surface area contributed by atoms with Crippen molar-refractivity contribution in [1.29, 1.82) is 0 Å². The van der Waals surface area contributed by atoms with E-state index in [0.29, 0.717) is 23.6 Å². The zero-order valence-electron chi connectivity index (χ0n) is 15.8. The second-order valence-corrected chi connectivity index (χ2v) is 9.20. The van der Waals surface area contributed by atoms with Crippen LogP contribution in [0.5, 0.6) is 5.75 Å². The Kier molecular flexibility index (Phi) is 6.90. The number of hydrogen-bond acceptors (Lipinski definition) is 4. The molecule has 0 spiro atoms. The smallest absolute Gasteiger partial charge is 0.261 e. The number of methoxy groups -OCH3 is 1. The van der Waals surface area contributed by atoms with Crippen LogP contribution in [0.1, 0.15) is 11.1 Å². The third kappa shape index (κ3) is 6.03. The Morgan fingerprint density at radius 3 is 2.28 bits per heavy atom. The summed E-state index contributed by atoms with van der Waals surface area (Å²) >= 11 is 11.3. The third-order valence-electron chi connectivity index (χ3n) is 4.27. The topological polar surface area (TPSA) is 55.4 Å². The van der Waals surface area contributed by atoms with Gasteiger partial charge in [-0.1, -0.05) is 48.1 Å². The minimum Gasteiger partial charge on any atom is -0.497 e. The molecule has 150 valence electrons. The van der Waals surface area contributed by atoms with Gasteiger partial charge in [0, 0.05) is 28.4 Å². The van der Waals surface area contributed by atoms with Crippen molar-refractivity contribution in [2.45, 2.75) is 17.7 Å². The SMILES string of the molecule is COc1cccc(CC(=S)Cc2ccc(S(=O)(=O)Nc3ccc(Cl)cc3)cc2)c1. The summed E-state index contributed by atoms with van der Waals surface area (Å²) in [5, 5.41) is 0.544. The Morgan fingerprint density at radius 2 is 1.62 bits per heavy atom. The maximum atomic E-state index is 12.5. The Bertz CT molecular complexity index is 1100. The number of nitrogens with one attached hydrogen (secondary N) is 1. The molecule has 7 heteroatoms. The van der Waals surface area contributed by atoms with Gasteiger partial charge in [-0.2, -0.15) is 0 Å². The van der Waals surface area contributed by atoms with Crippen LogP contribution in [0.25, 0.3) is 0 Å². The number of halogens is 1. The van der Waals surface area contributed by atoms with E-state index in [1.165, 1.54) is 0 Å². The molecule has 3 rings (SSSR count). The van der Waals surface area contributed by atoms with E-state index in [-0.39, 0.29) is 4.90 Å². The van der Waals surface area contributed by atoms with Gasteiger partial charge in [0.1, 0.15) is 5.75 Å². The molecule has 0 unspecified atom stereocenters. The molecule has 0 aliphatic carbocycles. The summed E-state index contributed by atoms with van der Waals surface area (Å²) in [5.74, 6) is 0.799. The first-order chi connectivity index (χ1) is 13.9. The summed E-state index contributed by atoms with van der Waals surface area (Å²) in [6.45, 7) is 0. The normalized spacial score (nSPS) is 11.1. The lowest BCUT2D eigenvalue weighted by atomic mass is 10.0. The van der Waals surface area contributed by atoms with Crippen LogP contribution < -0.4 is 9.46 Å². The molecule has 0 atom stereocenters. The van der Waals surface area contributed by atoms with Crippen LogP contribution in [0.2, 0.25) is 5.02 Å². The molecular formula is C22H20ClNO3S2.